The molecule has 0 radical (unpaired) electrons. The molecule has 6 nitrogen and oxygen atoms in total. The van der Waals surface area contributed by atoms with E-state index in [9.17, 15) is 9.60 Å². The van der Waals surface area contributed by atoms with Crippen LogP contribution < -0.4 is 0 Å². The molecular weight excluding hydrogens is 711 g/mol. The largest absolute Gasteiger partial charge is 0.450 e. The van der Waals surface area contributed by atoms with Crippen LogP contribution in [0.5, 0.6) is 0 Å². The highest BCUT2D eigenvalue weighted by molar-refractivity contribution is 6.14. The summed E-state index contributed by atoms with van der Waals surface area (Å²) in [7, 11) is 0. The van der Waals surface area contributed by atoms with Gasteiger partial charge in [0.15, 0.2) is 11.4 Å². The summed E-state index contributed by atoms with van der Waals surface area (Å²) in [6, 6.07) is -13.2. The maximum absolute atomic E-state index is 10.1. The van der Waals surface area contributed by atoms with Crippen molar-refractivity contribution in [2.24, 2.45) is 0 Å². The topological polar surface area (TPSA) is 53.7 Å². The molecule has 8 aromatic carbocycles. The summed E-state index contributed by atoms with van der Waals surface area (Å²) in [5.74, 6) is -0.306. The number of aromatic nitrogens is 5. The van der Waals surface area contributed by atoms with E-state index < -0.39 is 190 Å². The number of nitrogens with zero attached hydrogens (tertiary/aromatic N) is 5. The van der Waals surface area contributed by atoms with Crippen LogP contribution in [0.15, 0.2) is 192 Å². The van der Waals surface area contributed by atoms with E-state index in [0.717, 1.165) is 21.5 Å². The van der Waals surface area contributed by atoms with Gasteiger partial charge in [-0.3, -0.25) is 4.57 Å². The SMILES string of the molecule is [2H]c1c([2H])c([2H])c(-n2c3c([2H])c([2H])c(-c4c([2H])c([2H])c5c6c([2H])c([2H])c([2H])c([2H])c6n(-c6ncnc7c6oc6ccc(-n8c9c([2H])c([2H])c([2H])c([2H])c9c9c([2H])c([2H])c([2H])c([2H])c98)cc67)c5c4[2H])cc3c3c([2H])c([2H])c([2H])c([2H])c32)c([2H])c1[2H]. The zero-order chi connectivity index (χ0) is 60.5. The van der Waals surface area contributed by atoms with Crippen LogP contribution in [0.25, 0.3) is 116 Å². The van der Waals surface area contributed by atoms with E-state index in [2.05, 4.69) is 9.97 Å². The van der Waals surface area contributed by atoms with E-state index in [0.29, 0.717) is 0 Å². The van der Waals surface area contributed by atoms with Crippen LogP contribution in [-0.2, 0) is 0 Å². The van der Waals surface area contributed by atoms with Gasteiger partial charge in [-0.1, -0.05) is 109 Å². The van der Waals surface area contributed by atoms with E-state index in [1.54, 1.807) is 0 Å². The van der Waals surface area contributed by atoms with E-state index in [1.807, 2.05) is 0 Å². The first-order chi connectivity index (χ1) is 39.6. The first-order valence-corrected chi connectivity index (χ1v) is 17.4. The number of para-hydroxylation sites is 5. The standard InChI is InChI=1S/C52H31N5O/c1-2-12-34(13-3-1)55-45-20-10-7-17-39(45)41-28-32(23-26-47(41)55)33-22-25-40-38-16-6-11-21-46(38)57(48(40)29-33)52-51-50(53-31-54-52)42-30-35(24-27-49(42)58-51)56-43-18-8-4-14-36(43)37-15-5-9-19-44(37)56/h1-31H/i1D,2D,3D,4D,5D,6D,7D,8D,9D,10D,11D,12D,13D,14D,15D,16D,17D,18D,19D,20D,21D,22D,23D,25D,26D,29D. The van der Waals surface area contributed by atoms with Crippen LogP contribution in [-0.4, -0.2) is 23.7 Å². The van der Waals surface area contributed by atoms with Crippen LogP contribution >= 0.6 is 0 Å². The lowest BCUT2D eigenvalue weighted by atomic mass is 10.0. The number of rotatable bonds is 4. The lowest BCUT2D eigenvalue weighted by Gasteiger charge is -2.09. The summed E-state index contributed by atoms with van der Waals surface area (Å²) >= 11 is 0. The highest BCUT2D eigenvalue weighted by atomic mass is 16.3. The minimum absolute atomic E-state index is 0.00923. The average Bonchev–Trinajstić information content (AvgIpc) is 1.57. The first-order valence-electron chi connectivity index (χ1n) is 30.4. The van der Waals surface area contributed by atoms with Crippen molar-refractivity contribution in [2.75, 3.05) is 0 Å². The third-order valence-corrected chi connectivity index (χ3v) is 10.1. The van der Waals surface area contributed by atoms with Crippen molar-refractivity contribution in [3.05, 3.63) is 188 Å². The number of hydrogen-bond acceptors (Lipinski definition) is 3. The molecule has 13 aromatic rings. The van der Waals surface area contributed by atoms with E-state index >= 15 is 0 Å². The summed E-state index contributed by atoms with van der Waals surface area (Å²) in [6.07, 6.45) is 1.05. The maximum atomic E-state index is 10.1. The quantitative estimate of drug-likeness (QED) is 0.179. The molecule has 5 aromatic heterocycles. The van der Waals surface area contributed by atoms with E-state index in [4.69, 9.17) is 30.5 Å². The summed E-state index contributed by atoms with van der Waals surface area (Å²) in [5.41, 5.74) is -3.68. The fourth-order valence-corrected chi connectivity index (χ4v) is 7.69. The monoisotopic (exact) mass is 767 g/mol. The van der Waals surface area contributed by atoms with Crippen molar-refractivity contribution in [3.63, 3.8) is 0 Å². The van der Waals surface area contributed by atoms with Crippen molar-refractivity contribution in [1.82, 2.24) is 23.7 Å². The van der Waals surface area contributed by atoms with Gasteiger partial charge in [-0.15, -0.1) is 0 Å². The normalized spacial score (nSPS) is 18.4. The third-order valence-electron chi connectivity index (χ3n) is 10.1. The fourth-order valence-electron chi connectivity index (χ4n) is 7.69. The summed E-state index contributed by atoms with van der Waals surface area (Å²) in [5, 5.41) is -1.51. The van der Waals surface area contributed by atoms with Crippen molar-refractivity contribution in [2.45, 2.75) is 0 Å². The average molecular weight is 768 g/mol. The molecule has 58 heavy (non-hydrogen) atoms. The molecule has 0 aliphatic heterocycles. The highest BCUT2D eigenvalue weighted by Gasteiger charge is 2.22. The molecule has 0 fully saturated rings. The predicted molar refractivity (Wildman–Crippen MR) is 238 cm³/mol. The van der Waals surface area contributed by atoms with Crippen LogP contribution in [0, 0.1) is 0 Å². The lowest BCUT2D eigenvalue weighted by Crippen LogP contribution is -1.99. The number of furan rings is 1. The number of benzene rings is 8. The van der Waals surface area contributed by atoms with Crippen molar-refractivity contribution in [1.29, 1.82) is 0 Å². The second-order valence-electron chi connectivity index (χ2n) is 13.1. The van der Waals surface area contributed by atoms with Crippen molar-refractivity contribution >= 4 is 87.5 Å². The molecule has 0 bridgehead atoms. The Morgan fingerprint density at radius 3 is 1.66 bits per heavy atom. The van der Waals surface area contributed by atoms with Gasteiger partial charge in [0.25, 0.3) is 0 Å². The molecule has 0 atom stereocenters. The molecule has 13 rings (SSSR count). The smallest absolute Gasteiger partial charge is 0.197 e. The van der Waals surface area contributed by atoms with E-state index in [1.165, 1.54) is 22.8 Å². The molecule has 0 aliphatic rings. The van der Waals surface area contributed by atoms with Gasteiger partial charge in [-0.25, -0.2) is 9.97 Å². The molecule has 0 aliphatic carbocycles. The minimum atomic E-state index is -0.823. The molecule has 5 heterocycles. The zero-order valence-electron chi connectivity index (χ0n) is 55.0. The van der Waals surface area contributed by atoms with Gasteiger partial charge in [0.05, 0.1) is 68.7 Å². The van der Waals surface area contributed by atoms with Crippen LogP contribution in [0.1, 0.15) is 35.6 Å². The minimum Gasteiger partial charge on any atom is -0.450 e. The van der Waals surface area contributed by atoms with Crippen LogP contribution in [0.4, 0.5) is 0 Å². The molecular formula is C52H31N5O. The molecule has 6 heteroatoms. The molecule has 270 valence electrons. The van der Waals surface area contributed by atoms with E-state index in [-0.39, 0.29) is 82.4 Å². The Labute approximate surface area is 367 Å². The maximum Gasteiger partial charge on any atom is 0.197 e. The van der Waals surface area contributed by atoms with Gasteiger partial charge < -0.3 is 13.6 Å². The third kappa shape index (κ3) is 4.31. The fraction of sp³-hybridized carbons (Fsp3) is 0. The summed E-state index contributed by atoms with van der Waals surface area (Å²) in [6.45, 7) is 0. The number of fused-ring (bicyclic) bond motifs is 12. The number of hydrogen-bond donors (Lipinski definition) is 0. The molecule has 0 saturated carbocycles. The van der Waals surface area contributed by atoms with Crippen LogP contribution in [0.3, 0.4) is 0 Å². The Kier molecular flexibility index (Phi) is 3.15. The Bertz CT molecular complexity index is 5250. The molecule has 0 saturated heterocycles. The Morgan fingerprint density at radius 2 is 0.966 bits per heavy atom. The molecule has 0 N–H and O–H groups in total. The first kappa shape index (κ1) is 15.5. The van der Waals surface area contributed by atoms with Gasteiger partial charge in [0.1, 0.15) is 17.4 Å². The van der Waals surface area contributed by atoms with Crippen molar-refractivity contribution in [3.8, 4) is 28.3 Å². The molecule has 0 spiro atoms. The second-order valence-corrected chi connectivity index (χ2v) is 13.1. The second kappa shape index (κ2) is 11.8. The summed E-state index contributed by atoms with van der Waals surface area (Å²) in [4.78, 5) is 9.04. The zero-order valence-corrected chi connectivity index (χ0v) is 29.0. The lowest BCUT2D eigenvalue weighted by molar-refractivity contribution is 0.662. The Hall–Kier alpha value is -7.96. The molecule has 0 amide bonds. The molecule has 0 unspecified atom stereocenters. The van der Waals surface area contributed by atoms with Gasteiger partial charge in [0.2, 0.25) is 0 Å². The predicted octanol–water partition coefficient (Wildman–Crippen LogP) is 13.3. The van der Waals surface area contributed by atoms with Gasteiger partial charge >= 0.3 is 0 Å². The Morgan fingerprint density at radius 1 is 0.414 bits per heavy atom. The van der Waals surface area contributed by atoms with Crippen molar-refractivity contribution < 1.29 is 40.1 Å². The Balaban J connectivity index is 1.14. The van der Waals surface area contributed by atoms with Gasteiger partial charge in [-0.2, -0.15) is 0 Å². The highest BCUT2D eigenvalue weighted by Crippen LogP contribution is 2.41. The van der Waals surface area contributed by atoms with Crippen LogP contribution in [0.2, 0.25) is 0 Å². The van der Waals surface area contributed by atoms with Gasteiger partial charge in [-0.05, 0) is 83.7 Å². The summed E-state index contributed by atoms with van der Waals surface area (Å²) < 4.78 is 242. The van der Waals surface area contributed by atoms with Gasteiger partial charge in [0, 0.05) is 49.1 Å².